The topological polar surface area (TPSA) is 45.1 Å². The molecule has 1 heterocycles. The smallest absolute Gasteiger partial charge is 0.0708 e. The summed E-state index contributed by atoms with van der Waals surface area (Å²) in [6.45, 7) is 2.76. The van der Waals surface area contributed by atoms with E-state index in [2.05, 4.69) is 22.4 Å². The van der Waals surface area contributed by atoms with Crippen molar-refractivity contribution in [1.82, 2.24) is 4.98 Å². The lowest BCUT2D eigenvalue weighted by molar-refractivity contribution is 0.282. The molecule has 2 N–H and O–H groups in total. The van der Waals surface area contributed by atoms with E-state index >= 15 is 0 Å². The molecule has 1 aromatic heterocycles. The number of hydrogen-bond acceptors (Lipinski definition) is 3. The van der Waals surface area contributed by atoms with Crippen LogP contribution in [-0.4, -0.2) is 10.1 Å². The van der Waals surface area contributed by atoms with Crippen LogP contribution in [0.2, 0.25) is 0 Å². The Morgan fingerprint density at radius 2 is 1.76 bits per heavy atom. The first-order valence-electron chi connectivity index (χ1n) is 7.06. The summed E-state index contributed by atoms with van der Waals surface area (Å²) in [5, 5.41) is 14.0. The summed E-state index contributed by atoms with van der Waals surface area (Å²) in [5.41, 5.74) is 5.13. The number of nitrogens with zero attached hydrogens (tertiary/aromatic N) is 1. The first-order valence-corrected chi connectivity index (χ1v) is 7.06. The van der Waals surface area contributed by atoms with Crippen molar-refractivity contribution in [3.8, 4) is 0 Å². The van der Waals surface area contributed by atoms with Gasteiger partial charge in [0.2, 0.25) is 0 Å². The number of aryl methyl sites for hydroxylation is 1. The standard InChI is InChI=1S/C18H18N2O/c1-13-10-15(16-7-3-5-9-18(16)20-13)11-19-17-8-4-2-6-14(17)12-21/h2-10,19,21H,11-12H2,1H3. The molecule has 0 aliphatic rings. The van der Waals surface area contributed by atoms with Crippen LogP contribution >= 0.6 is 0 Å². The van der Waals surface area contributed by atoms with Gasteiger partial charge in [-0.1, -0.05) is 36.4 Å². The number of nitrogens with one attached hydrogen (secondary N) is 1. The molecule has 21 heavy (non-hydrogen) atoms. The fraction of sp³-hybridized carbons (Fsp3) is 0.167. The van der Waals surface area contributed by atoms with E-state index in [0.29, 0.717) is 6.54 Å². The van der Waals surface area contributed by atoms with Crippen molar-refractivity contribution in [2.75, 3.05) is 5.32 Å². The Balaban J connectivity index is 1.92. The summed E-state index contributed by atoms with van der Waals surface area (Å²) < 4.78 is 0. The maximum atomic E-state index is 9.38. The molecule has 2 aromatic carbocycles. The summed E-state index contributed by atoms with van der Waals surface area (Å²) in [5.74, 6) is 0. The molecular weight excluding hydrogens is 260 g/mol. The van der Waals surface area contributed by atoms with Crippen LogP contribution in [0.15, 0.2) is 54.6 Å². The maximum absolute atomic E-state index is 9.38. The molecule has 3 heteroatoms. The van der Waals surface area contributed by atoms with Gasteiger partial charge in [0.15, 0.2) is 0 Å². The molecule has 0 unspecified atom stereocenters. The zero-order chi connectivity index (χ0) is 14.7. The van der Waals surface area contributed by atoms with Crippen molar-refractivity contribution >= 4 is 16.6 Å². The average Bonchev–Trinajstić information content (AvgIpc) is 2.52. The van der Waals surface area contributed by atoms with Gasteiger partial charge in [-0.3, -0.25) is 4.98 Å². The molecule has 3 nitrogen and oxygen atoms in total. The second-order valence-electron chi connectivity index (χ2n) is 5.11. The molecule has 3 rings (SSSR count). The van der Waals surface area contributed by atoms with Gasteiger partial charge in [-0.25, -0.2) is 0 Å². The molecule has 0 saturated heterocycles. The summed E-state index contributed by atoms with van der Waals surface area (Å²) in [4.78, 5) is 4.56. The monoisotopic (exact) mass is 278 g/mol. The van der Waals surface area contributed by atoms with Gasteiger partial charge in [-0.05, 0) is 30.7 Å². The third-order valence-corrected chi connectivity index (χ3v) is 3.59. The summed E-state index contributed by atoms with van der Waals surface area (Å²) in [6.07, 6.45) is 0. The highest BCUT2D eigenvalue weighted by Crippen LogP contribution is 2.21. The van der Waals surface area contributed by atoms with Gasteiger partial charge >= 0.3 is 0 Å². The van der Waals surface area contributed by atoms with Crippen LogP contribution in [0.1, 0.15) is 16.8 Å². The highest BCUT2D eigenvalue weighted by atomic mass is 16.3. The summed E-state index contributed by atoms with van der Waals surface area (Å²) in [6, 6.07) is 18.1. The predicted octanol–water partition coefficient (Wildman–Crippen LogP) is 3.65. The lowest BCUT2D eigenvalue weighted by Crippen LogP contribution is -2.04. The van der Waals surface area contributed by atoms with Crippen LogP contribution in [0, 0.1) is 6.92 Å². The Labute approximate surface area is 124 Å². The molecule has 0 bridgehead atoms. The number of anilines is 1. The fourth-order valence-corrected chi connectivity index (χ4v) is 2.56. The largest absolute Gasteiger partial charge is 0.392 e. The highest BCUT2D eigenvalue weighted by Gasteiger charge is 2.05. The van der Waals surface area contributed by atoms with Crippen LogP contribution in [0.3, 0.4) is 0 Å². The SMILES string of the molecule is Cc1cc(CNc2ccccc2CO)c2ccccc2n1. The quantitative estimate of drug-likeness (QED) is 0.765. The molecule has 0 amide bonds. The Morgan fingerprint density at radius 3 is 2.62 bits per heavy atom. The van der Waals surface area contributed by atoms with Gasteiger partial charge in [-0.2, -0.15) is 0 Å². The minimum Gasteiger partial charge on any atom is -0.392 e. The van der Waals surface area contributed by atoms with E-state index in [9.17, 15) is 5.11 Å². The number of aliphatic hydroxyl groups is 1. The third kappa shape index (κ3) is 2.88. The van der Waals surface area contributed by atoms with Crippen LogP contribution in [0.4, 0.5) is 5.69 Å². The molecule has 0 radical (unpaired) electrons. The number of rotatable bonds is 4. The molecule has 0 spiro atoms. The van der Waals surface area contributed by atoms with Crippen molar-refractivity contribution < 1.29 is 5.11 Å². The second kappa shape index (κ2) is 5.94. The second-order valence-corrected chi connectivity index (χ2v) is 5.11. The molecule has 0 aliphatic carbocycles. The number of aromatic nitrogens is 1. The van der Waals surface area contributed by atoms with Crippen molar-refractivity contribution in [3.63, 3.8) is 0 Å². The van der Waals surface area contributed by atoms with Gasteiger partial charge in [-0.15, -0.1) is 0 Å². The zero-order valence-corrected chi connectivity index (χ0v) is 12.0. The van der Waals surface area contributed by atoms with E-state index in [1.54, 1.807) is 0 Å². The minimum atomic E-state index is 0.0410. The van der Waals surface area contributed by atoms with Crippen LogP contribution < -0.4 is 5.32 Å². The lowest BCUT2D eigenvalue weighted by Gasteiger charge is -2.12. The highest BCUT2D eigenvalue weighted by molar-refractivity contribution is 5.82. The molecular formula is C18H18N2O. The molecule has 3 aromatic rings. The number of pyridine rings is 1. The third-order valence-electron chi connectivity index (χ3n) is 3.59. The Bertz CT molecular complexity index is 768. The Morgan fingerprint density at radius 1 is 1.00 bits per heavy atom. The average molecular weight is 278 g/mol. The van der Waals surface area contributed by atoms with Crippen LogP contribution in [0.25, 0.3) is 10.9 Å². The molecule has 0 saturated carbocycles. The molecule has 0 fully saturated rings. The van der Waals surface area contributed by atoms with E-state index in [0.717, 1.165) is 27.8 Å². The number of fused-ring (bicyclic) bond motifs is 1. The first-order chi connectivity index (χ1) is 10.3. The summed E-state index contributed by atoms with van der Waals surface area (Å²) >= 11 is 0. The Kier molecular flexibility index (Phi) is 3.84. The number of aliphatic hydroxyl groups excluding tert-OH is 1. The molecule has 106 valence electrons. The van der Waals surface area contributed by atoms with Crippen molar-refractivity contribution in [3.05, 3.63) is 71.4 Å². The lowest BCUT2D eigenvalue weighted by atomic mass is 10.1. The zero-order valence-electron chi connectivity index (χ0n) is 12.0. The van der Waals surface area contributed by atoms with E-state index in [1.165, 1.54) is 5.56 Å². The number of hydrogen-bond donors (Lipinski definition) is 2. The predicted molar refractivity (Wildman–Crippen MR) is 86.2 cm³/mol. The molecule has 0 atom stereocenters. The maximum Gasteiger partial charge on any atom is 0.0708 e. The van der Waals surface area contributed by atoms with Crippen molar-refractivity contribution in [1.29, 1.82) is 0 Å². The molecule has 0 aliphatic heterocycles. The fourth-order valence-electron chi connectivity index (χ4n) is 2.56. The van der Waals surface area contributed by atoms with Gasteiger partial charge in [0, 0.05) is 28.9 Å². The van der Waals surface area contributed by atoms with Crippen LogP contribution in [-0.2, 0) is 13.2 Å². The van der Waals surface area contributed by atoms with E-state index in [4.69, 9.17) is 0 Å². The normalized spacial score (nSPS) is 10.8. The van der Waals surface area contributed by atoms with Gasteiger partial charge in [0.25, 0.3) is 0 Å². The number of para-hydroxylation sites is 2. The minimum absolute atomic E-state index is 0.0410. The van der Waals surface area contributed by atoms with Crippen molar-refractivity contribution in [2.45, 2.75) is 20.1 Å². The van der Waals surface area contributed by atoms with E-state index in [-0.39, 0.29) is 6.61 Å². The number of benzene rings is 2. The van der Waals surface area contributed by atoms with Gasteiger partial charge in [0.1, 0.15) is 0 Å². The van der Waals surface area contributed by atoms with E-state index in [1.807, 2.05) is 49.4 Å². The van der Waals surface area contributed by atoms with E-state index < -0.39 is 0 Å². The summed E-state index contributed by atoms with van der Waals surface area (Å²) in [7, 11) is 0. The van der Waals surface area contributed by atoms with Crippen LogP contribution in [0.5, 0.6) is 0 Å². The first kappa shape index (κ1) is 13.6. The van der Waals surface area contributed by atoms with Gasteiger partial charge in [0.05, 0.1) is 12.1 Å². The Hall–Kier alpha value is -2.39. The van der Waals surface area contributed by atoms with Crippen molar-refractivity contribution in [2.24, 2.45) is 0 Å². The van der Waals surface area contributed by atoms with Gasteiger partial charge < -0.3 is 10.4 Å².